The lowest BCUT2D eigenvalue weighted by atomic mass is 9.85. The van der Waals surface area contributed by atoms with Gasteiger partial charge in [-0.3, -0.25) is 0 Å². The Kier molecular flexibility index (Phi) is 3.82. The van der Waals surface area contributed by atoms with E-state index in [-0.39, 0.29) is 0 Å². The molecule has 1 aliphatic heterocycles. The van der Waals surface area contributed by atoms with Gasteiger partial charge in [-0.2, -0.15) is 0 Å². The van der Waals surface area contributed by atoms with Crippen LogP contribution in [-0.2, 0) is 4.74 Å². The second kappa shape index (κ2) is 5.13. The van der Waals surface area contributed by atoms with E-state index in [2.05, 4.69) is 0 Å². The van der Waals surface area contributed by atoms with Gasteiger partial charge in [0.2, 0.25) is 0 Å². The minimum absolute atomic E-state index is 0.362. The summed E-state index contributed by atoms with van der Waals surface area (Å²) in [6.07, 6.45) is 11.5. The molecule has 0 amide bonds. The van der Waals surface area contributed by atoms with Crippen LogP contribution in [0.25, 0.3) is 0 Å². The summed E-state index contributed by atoms with van der Waals surface area (Å²) < 4.78 is 5.52. The van der Waals surface area contributed by atoms with Crippen molar-refractivity contribution >= 4 is 0 Å². The van der Waals surface area contributed by atoms with Gasteiger partial charge in [0.05, 0.1) is 12.2 Å². The zero-order valence-corrected chi connectivity index (χ0v) is 8.95. The molecule has 1 N–H and O–H groups in total. The smallest absolute Gasteiger partial charge is 0.0844 e. The Balaban J connectivity index is 1.48. The van der Waals surface area contributed by atoms with Crippen molar-refractivity contribution in [3.63, 3.8) is 0 Å². The monoisotopic (exact) mass is 198 g/mol. The van der Waals surface area contributed by atoms with E-state index in [0.717, 1.165) is 12.3 Å². The SMILES string of the molecule is OCCCCCCC1CCC2OC2C1. The van der Waals surface area contributed by atoms with E-state index in [1.807, 2.05) is 0 Å². The van der Waals surface area contributed by atoms with Gasteiger partial charge >= 0.3 is 0 Å². The number of aliphatic hydroxyl groups excluding tert-OH is 1. The standard InChI is InChI=1S/C12H22O2/c13-8-4-2-1-3-5-10-6-7-11-12(9-10)14-11/h10-13H,1-9H2. The van der Waals surface area contributed by atoms with E-state index in [1.54, 1.807) is 0 Å². The summed E-state index contributed by atoms with van der Waals surface area (Å²) in [6, 6.07) is 0. The predicted octanol–water partition coefficient (Wildman–Crippen LogP) is 2.50. The Morgan fingerprint density at radius 3 is 2.64 bits per heavy atom. The number of unbranched alkanes of at least 4 members (excludes halogenated alkanes) is 3. The summed E-state index contributed by atoms with van der Waals surface area (Å²) in [5.41, 5.74) is 0. The molecule has 0 aromatic rings. The Morgan fingerprint density at radius 2 is 1.86 bits per heavy atom. The highest BCUT2D eigenvalue weighted by atomic mass is 16.6. The fraction of sp³-hybridized carbons (Fsp3) is 1.00. The van der Waals surface area contributed by atoms with Crippen molar-refractivity contribution in [3.05, 3.63) is 0 Å². The largest absolute Gasteiger partial charge is 0.396 e. The van der Waals surface area contributed by atoms with Gasteiger partial charge in [-0.25, -0.2) is 0 Å². The number of hydrogen-bond acceptors (Lipinski definition) is 2. The molecule has 14 heavy (non-hydrogen) atoms. The minimum Gasteiger partial charge on any atom is -0.396 e. The average molecular weight is 198 g/mol. The topological polar surface area (TPSA) is 32.8 Å². The number of rotatable bonds is 6. The van der Waals surface area contributed by atoms with E-state index in [1.165, 1.54) is 44.9 Å². The molecule has 82 valence electrons. The maximum Gasteiger partial charge on any atom is 0.0844 e. The van der Waals surface area contributed by atoms with Crippen molar-refractivity contribution in [1.29, 1.82) is 0 Å². The molecule has 0 radical (unpaired) electrons. The highest BCUT2D eigenvalue weighted by Gasteiger charge is 2.43. The van der Waals surface area contributed by atoms with Crippen molar-refractivity contribution in [2.24, 2.45) is 5.92 Å². The first-order chi connectivity index (χ1) is 6.90. The third kappa shape index (κ3) is 2.96. The molecule has 3 atom stereocenters. The van der Waals surface area contributed by atoms with Crippen molar-refractivity contribution in [1.82, 2.24) is 0 Å². The highest BCUT2D eigenvalue weighted by molar-refractivity contribution is 4.91. The quantitative estimate of drug-likeness (QED) is 0.525. The number of fused-ring (bicyclic) bond motifs is 1. The maximum absolute atomic E-state index is 8.64. The summed E-state index contributed by atoms with van der Waals surface area (Å²) >= 11 is 0. The van der Waals surface area contributed by atoms with Gasteiger partial charge in [-0.1, -0.05) is 25.7 Å². The van der Waals surface area contributed by atoms with Crippen LogP contribution in [0.3, 0.4) is 0 Å². The number of epoxide rings is 1. The Hall–Kier alpha value is -0.0800. The van der Waals surface area contributed by atoms with E-state index in [0.29, 0.717) is 18.8 Å². The van der Waals surface area contributed by atoms with Crippen LogP contribution in [0.15, 0.2) is 0 Å². The van der Waals surface area contributed by atoms with Gasteiger partial charge in [0.25, 0.3) is 0 Å². The summed E-state index contributed by atoms with van der Waals surface area (Å²) in [5.74, 6) is 0.938. The molecule has 1 aliphatic carbocycles. The Bertz CT molecular complexity index is 170. The molecule has 2 heteroatoms. The molecule has 2 fully saturated rings. The lowest BCUT2D eigenvalue weighted by Gasteiger charge is -2.18. The summed E-state index contributed by atoms with van der Waals surface area (Å²) in [4.78, 5) is 0. The maximum atomic E-state index is 8.64. The van der Waals surface area contributed by atoms with Crippen LogP contribution in [0, 0.1) is 5.92 Å². The van der Waals surface area contributed by atoms with Crippen LogP contribution in [0.4, 0.5) is 0 Å². The van der Waals surface area contributed by atoms with Crippen LogP contribution in [0.2, 0.25) is 0 Å². The third-order valence-corrected chi connectivity index (χ3v) is 3.63. The van der Waals surface area contributed by atoms with Crippen molar-refractivity contribution in [3.8, 4) is 0 Å². The fourth-order valence-electron chi connectivity index (χ4n) is 2.65. The zero-order chi connectivity index (χ0) is 9.80. The molecule has 3 unspecified atom stereocenters. The number of hydrogen-bond donors (Lipinski definition) is 1. The van der Waals surface area contributed by atoms with Crippen LogP contribution in [0.5, 0.6) is 0 Å². The van der Waals surface area contributed by atoms with E-state index in [4.69, 9.17) is 9.84 Å². The second-order valence-electron chi connectivity index (χ2n) is 4.82. The lowest BCUT2D eigenvalue weighted by molar-refractivity contribution is 0.280. The molecule has 1 saturated heterocycles. The Labute approximate surface area is 86.6 Å². The van der Waals surface area contributed by atoms with E-state index >= 15 is 0 Å². The van der Waals surface area contributed by atoms with Crippen molar-refractivity contribution in [2.75, 3.05) is 6.61 Å². The second-order valence-corrected chi connectivity index (χ2v) is 4.82. The molecule has 1 saturated carbocycles. The Morgan fingerprint density at radius 1 is 1.00 bits per heavy atom. The van der Waals surface area contributed by atoms with Crippen LogP contribution in [-0.4, -0.2) is 23.9 Å². The fourth-order valence-corrected chi connectivity index (χ4v) is 2.65. The molecule has 0 spiro atoms. The molecule has 0 aromatic carbocycles. The number of ether oxygens (including phenoxy) is 1. The molecule has 2 rings (SSSR count). The van der Waals surface area contributed by atoms with E-state index in [9.17, 15) is 0 Å². The van der Waals surface area contributed by atoms with Gasteiger partial charge in [-0.05, 0) is 31.6 Å². The predicted molar refractivity (Wildman–Crippen MR) is 56.2 cm³/mol. The average Bonchev–Trinajstić information content (AvgIpc) is 2.95. The molecule has 2 nitrogen and oxygen atoms in total. The molecular formula is C12H22O2. The van der Waals surface area contributed by atoms with Crippen molar-refractivity contribution in [2.45, 2.75) is 63.6 Å². The van der Waals surface area contributed by atoms with Crippen molar-refractivity contribution < 1.29 is 9.84 Å². The summed E-state index contributed by atoms with van der Waals surface area (Å²) in [7, 11) is 0. The first-order valence-corrected chi connectivity index (χ1v) is 6.16. The molecule has 2 aliphatic rings. The van der Waals surface area contributed by atoms with Crippen LogP contribution < -0.4 is 0 Å². The number of aliphatic hydroxyl groups is 1. The first-order valence-electron chi connectivity index (χ1n) is 6.16. The van der Waals surface area contributed by atoms with Gasteiger partial charge in [-0.15, -0.1) is 0 Å². The van der Waals surface area contributed by atoms with E-state index < -0.39 is 0 Å². The normalized spacial score (nSPS) is 35.4. The van der Waals surface area contributed by atoms with Gasteiger partial charge in [0, 0.05) is 6.61 Å². The summed E-state index contributed by atoms with van der Waals surface area (Å²) in [6.45, 7) is 0.362. The summed E-state index contributed by atoms with van der Waals surface area (Å²) in [5, 5.41) is 8.64. The van der Waals surface area contributed by atoms with Crippen LogP contribution >= 0.6 is 0 Å². The minimum atomic E-state index is 0.362. The van der Waals surface area contributed by atoms with Gasteiger partial charge in [0.1, 0.15) is 0 Å². The van der Waals surface area contributed by atoms with Crippen LogP contribution in [0.1, 0.15) is 51.4 Å². The molecule has 0 aromatic heterocycles. The third-order valence-electron chi connectivity index (χ3n) is 3.63. The molecule has 1 heterocycles. The van der Waals surface area contributed by atoms with Gasteiger partial charge < -0.3 is 9.84 Å². The van der Waals surface area contributed by atoms with Gasteiger partial charge in [0.15, 0.2) is 0 Å². The lowest BCUT2D eigenvalue weighted by Crippen LogP contribution is -2.13. The first kappa shape index (κ1) is 10.4. The molecular weight excluding hydrogens is 176 g/mol. The highest BCUT2D eigenvalue weighted by Crippen LogP contribution is 2.41. The zero-order valence-electron chi connectivity index (χ0n) is 8.95. The molecule has 0 bridgehead atoms.